The Morgan fingerprint density at radius 1 is 1.12 bits per heavy atom. The fourth-order valence-corrected chi connectivity index (χ4v) is 1.68. The van der Waals surface area contributed by atoms with Crippen LogP contribution < -0.4 is 0 Å². The van der Waals surface area contributed by atoms with Crippen LogP contribution in [0.4, 0.5) is 0 Å². The first-order valence-corrected chi connectivity index (χ1v) is 5.46. The van der Waals surface area contributed by atoms with Crippen molar-refractivity contribution in [1.29, 1.82) is 0 Å². The summed E-state index contributed by atoms with van der Waals surface area (Å²) < 4.78 is 4.06. The van der Waals surface area contributed by atoms with Crippen LogP contribution in [-0.4, -0.2) is 24.2 Å². The van der Waals surface area contributed by atoms with E-state index >= 15 is 0 Å². The van der Waals surface area contributed by atoms with Gasteiger partial charge in [-0.15, -0.1) is 0 Å². The zero-order valence-corrected chi connectivity index (χ0v) is 9.16. The largest absolute Gasteiger partial charge is 0.390 e. The molecule has 2 aromatic rings. The lowest BCUT2D eigenvalue weighted by Crippen LogP contribution is -2.03. The summed E-state index contributed by atoms with van der Waals surface area (Å²) >= 11 is 0. The van der Waals surface area contributed by atoms with Crippen molar-refractivity contribution in [2.75, 3.05) is 0 Å². The molecule has 0 amide bonds. The highest BCUT2D eigenvalue weighted by Crippen LogP contribution is 2.03. The van der Waals surface area contributed by atoms with Gasteiger partial charge in [-0.05, 0) is 12.8 Å². The molecule has 0 atom stereocenters. The second-order valence-electron chi connectivity index (χ2n) is 3.74. The number of aliphatic hydroxyl groups excluding tert-OH is 1. The van der Waals surface area contributed by atoms with Crippen molar-refractivity contribution < 1.29 is 5.11 Å². The molecule has 0 bridgehead atoms. The maximum atomic E-state index is 9.04. The molecule has 0 radical (unpaired) electrons. The Morgan fingerprint density at radius 2 is 2.00 bits per heavy atom. The first-order valence-electron chi connectivity index (χ1n) is 5.46. The maximum Gasteiger partial charge on any atom is 0.0948 e. The van der Waals surface area contributed by atoms with Crippen LogP contribution in [-0.2, 0) is 19.7 Å². The Kier molecular flexibility index (Phi) is 3.71. The van der Waals surface area contributed by atoms with Gasteiger partial charge in [0.1, 0.15) is 0 Å². The van der Waals surface area contributed by atoms with E-state index in [1.54, 1.807) is 18.7 Å². The third-order valence-electron chi connectivity index (χ3n) is 2.59. The maximum absolute atomic E-state index is 9.04. The van der Waals surface area contributed by atoms with Crippen LogP contribution in [0.5, 0.6) is 0 Å². The zero-order chi connectivity index (χ0) is 11.2. The fourth-order valence-electron chi connectivity index (χ4n) is 1.68. The molecule has 0 aliphatic carbocycles. The number of imidazole rings is 2. The third-order valence-corrected chi connectivity index (χ3v) is 2.59. The van der Waals surface area contributed by atoms with E-state index in [0.29, 0.717) is 0 Å². The van der Waals surface area contributed by atoms with E-state index in [-0.39, 0.29) is 6.61 Å². The number of aromatic nitrogens is 4. The monoisotopic (exact) mass is 220 g/mol. The predicted molar refractivity (Wildman–Crippen MR) is 59.6 cm³/mol. The van der Waals surface area contributed by atoms with Gasteiger partial charge in [0.05, 0.1) is 31.2 Å². The highest BCUT2D eigenvalue weighted by molar-refractivity contribution is 4.95. The van der Waals surface area contributed by atoms with Gasteiger partial charge in [0.2, 0.25) is 0 Å². The minimum atomic E-state index is 0.0571. The number of aliphatic hydroxyl groups is 1. The Labute approximate surface area is 94.4 Å². The standard InChI is InChI=1S/C11H16N4O/c16-8-11-7-13-10-15(11)5-2-1-4-14-6-3-12-9-14/h3,6-7,9-10,16H,1-2,4-5,8H2. The van der Waals surface area contributed by atoms with Crippen molar-refractivity contribution in [3.05, 3.63) is 36.9 Å². The lowest BCUT2D eigenvalue weighted by molar-refractivity contribution is 0.270. The van der Waals surface area contributed by atoms with Gasteiger partial charge in [-0.25, -0.2) is 9.97 Å². The Bertz CT molecular complexity index is 407. The van der Waals surface area contributed by atoms with Crippen molar-refractivity contribution >= 4 is 0 Å². The number of unbranched alkanes of at least 4 members (excludes halogenated alkanes) is 1. The molecular weight excluding hydrogens is 204 g/mol. The topological polar surface area (TPSA) is 55.9 Å². The molecule has 0 aromatic carbocycles. The highest BCUT2D eigenvalue weighted by Gasteiger charge is 1.99. The van der Waals surface area contributed by atoms with Crippen LogP contribution in [0.1, 0.15) is 18.5 Å². The predicted octanol–water partition coefficient (Wildman–Crippen LogP) is 1.05. The normalized spacial score (nSPS) is 10.8. The summed E-state index contributed by atoms with van der Waals surface area (Å²) in [5.74, 6) is 0. The van der Waals surface area contributed by atoms with E-state index < -0.39 is 0 Å². The summed E-state index contributed by atoms with van der Waals surface area (Å²) in [5, 5.41) is 9.04. The van der Waals surface area contributed by atoms with E-state index in [0.717, 1.165) is 31.6 Å². The molecule has 0 aliphatic rings. The number of nitrogens with zero attached hydrogens (tertiary/aromatic N) is 4. The van der Waals surface area contributed by atoms with Crippen LogP contribution in [0.3, 0.4) is 0 Å². The van der Waals surface area contributed by atoms with Crippen molar-refractivity contribution in [1.82, 2.24) is 19.1 Å². The molecule has 1 N–H and O–H groups in total. The average molecular weight is 220 g/mol. The molecule has 2 rings (SSSR count). The van der Waals surface area contributed by atoms with E-state index in [1.165, 1.54) is 0 Å². The van der Waals surface area contributed by atoms with Gasteiger partial charge in [-0.2, -0.15) is 0 Å². The van der Waals surface area contributed by atoms with Gasteiger partial charge < -0.3 is 14.2 Å². The van der Waals surface area contributed by atoms with Crippen LogP contribution in [0.15, 0.2) is 31.2 Å². The molecule has 0 fully saturated rings. The van der Waals surface area contributed by atoms with Crippen LogP contribution in [0.25, 0.3) is 0 Å². The van der Waals surface area contributed by atoms with E-state index in [9.17, 15) is 0 Å². The molecule has 0 unspecified atom stereocenters. The molecule has 5 nitrogen and oxygen atoms in total. The Balaban J connectivity index is 1.72. The molecule has 86 valence electrons. The number of rotatable bonds is 6. The second-order valence-corrected chi connectivity index (χ2v) is 3.74. The highest BCUT2D eigenvalue weighted by atomic mass is 16.3. The average Bonchev–Trinajstić information content (AvgIpc) is 2.95. The van der Waals surface area contributed by atoms with Gasteiger partial charge in [0.25, 0.3) is 0 Å². The van der Waals surface area contributed by atoms with Crippen molar-refractivity contribution in [2.24, 2.45) is 0 Å². The molecule has 0 saturated carbocycles. The molecular formula is C11H16N4O. The molecule has 0 saturated heterocycles. The molecule has 0 aliphatic heterocycles. The summed E-state index contributed by atoms with van der Waals surface area (Å²) in [4.78, 5) is 8.00. The van der Waals surface area contributed by atoms with E-state index in [1.807, 2.05) is 17.1 Å². The van der Waals surface area contributed by atoms with Gasteiger partial charge in [0, 0.05) is 25.5 Å². The number of hydrogen-bond acceptors (Lipinski definition) is 3. The summed E-state index contributed by atoms with van der Waals surface area (Å²) in [5.41, 5.74) is 0.877. The summed E-state index contributed by atoms with van der Waals surface area (Å²) in [6, 6.07) is 0. The van der Waals surface area contributed by atoms with Crippen LogP contribution in [0.2, 0.25) is 0 Å². The summed E-state index contributed by atoms with van der Waals surface area (Å²) in [6.45, 7) is 1.95. The van der Waals surface area contributed by atoms with Crippen LogP contribution in [0, 0.1) is 0 Å². The third kappa shape index (κ3) is 2.70. The van der Waals surface area contributed by atoms with Gasteiger partial charge in [-0.1, -0.05) is 0 Å². The zero-order valence-electron chi connectivity index (χ0n) is 9.16. The molecule has 0 spiro atoms. The lowest BCUT2D eigenvalue weighted by Gasteiger charge is -2.06. The van der Waals surface area contributed by atoms with Gasteiger partial charge in [-0.3, -0.25) is 0 Å². The Morgan fingerprint density at radius 3 is 2.75 bits per heavy atom. The molecule has 16 heavy (non-hydrogen) atoms. The number of aryl methyl sites for hydroxylation is 2. The first kappa shape index (κ1) is 10.9. The summed E-state index contributed by atoms with van der Waals surface area (Å²) in [6.07, 6.45) is 11.2. The smallest absolute Gasteiger partial charge is 0.0948 e. The molecule has 2 heterocycles. The van der Waals surface area contributed by atoms with Gasteiger partial charge in [0.15, 0.2) is 0 Å². The number of hydrogen-bond donors (Lipinski definition) is 1. The molecule has 2 aromatic heterocycles. The fraction of sp³-hybridized carbons (Fsp3) is 0.455. The van der Waals surface area contributed by atoms with Crippen LogP contribution >= 0.6 is 0 Å². The Hall–Kier alpha value is -1.62. The first-order chi connectivity index (χ1) is 7.90. The van der Waals surface area contributed by atoms with Crippen molar-refractivity contribution in [3.63, 3.8) is 0 Å². The van der Waals surface area contributed by atoms with Crippen molar-refractivity contribution in [3.8, 4) is 0 Å². The van der Waals surface area contributed by atoms with Gasteiger partial charge >= 0.3 is 0 Å². The molecule has 5 heteroatoms. The summed E-state index contributed by atoms with van der Waals surface area (Å²) in [7, 11) is 0. The lowest BCUT2D eigenvalue weighted by atomic mass is 10.3. The van der Waals surface area contributed by atoms with E-state index in [2.05, 4.69) is 14.5 Å². The SMILES string of the molecule is OCc1cncn1CCCCn1ccnc1. The second kappa shape index (κ2) is 5.46. The minimum absolute atomic E-state index is 0.0571. The van der Waals surface area contributed by atoms with Crippen molar-refractivity contribution in [2.45, 2.75) is 32.5 Å². The quantitative estimate of drug-likeness (QED) is 0.740. The van der Waals surface area contributed by atoms with E-state index in [4.69, 9.17) is 5.11 Å². The minimum Gasteiger partial charge on any atom is -0.390 e.